The van der Waals surface area contributed by atoms with Crippen molar-refractivity contribution in [2.24, 2.45) is 5.92 Å². The van der Waals surface area contributed by atoms with Crippen molar-refractivity contribution in [1.82, 2.24) is 0 Å². The average molecular weight is 126 g/mol. The zero-order chi connectivity index (χ0) is 6.85. The van der Waals surface area contributed by atoms with Gasteiger partial charge in [0.25, 0.3) is 0 Å². The molecule has 0 fully saturated rings. The molecule has 0 amide bonds. The van der Waals surface area contributed by atoms with Gasteiger partial charge in [0, 0.05) is 0 Å². The molecule has 2 unspecified atom stereocenters. The Hall–Kier alpha value is -0.630. The summed E-state index contributed by atoms with van der Waals surface area (Å²) in [4.78, 5) is 10.8. The minimum absolute atomic E-state index is 0.0602. The van der Waals surface area contributed by atoms with Crippen LogP contribution >= 0.6 is 0 Å². The molecule has 1 aliphatic carbocycles. The maximum atomic E-state index is 10.8. The molecule has 1 rings (SSSR count). The van der Waals surface area contributed by atoms with Gasteiger partial charge in [-0.25, -0.2) is 0 Å². The number of aliphatic hydroxyl groups excluding tert-OH is 1. The molecule has 0 spiro atoms. The van der Waals surface area contributed by atoms with Crippen molar-refractivity contribution in [3.05, 3.63) is 12.2 Å². The van der Waals surface area contributed by atoms with Gasteiger partial charge in [-0.05, 0) is 19.4 Å². The lowest BCUT2D eigenvalue weighted by atomic mass is 10.0. The van der Waals surface area contributed by atoms with Gasteiger partial charge in [-0.15, -0.1) is 0 Å². The van der Waals surface area contributed by atoms with Gasteiger partial charge in [-0.1, -0.05) is 6.08 Å². The number of aliphatic hydroxyl groups is 1. The smallest absolute Gasteiger partial charge is 0.161 e. The van der Waals surface area contributed by atoms with Crippen molar-refractivity contribution in [2.45, 2.75) is 19.4 Å². The first-order valence-electron chi connectivity index (χ1n) is 3.10. The summed E-state index contributed by atoms with van der Waals surface area (Å²) >= 11 is 0. The van der Waals surface area contributed by atoms with E-state index in [1.165, 1.54) is 6.08 Å². The summed E-state index contributed by atoms with van der Waals surface area (Å²) in [6, 6.07) is 0. The van der Waals surface area contributed by atoms with E-state index < -0.39 is 6.10 Å². The van der Waals surface area contributed by atoms with Gasteiger partial charge in [0.05, 0.1) is 12.0 Å². The third kappa shape index (κ3) is 1.19. The first-order chi connectivity index (χ1) is 4.22. The van der Waals surface area contributed by atoms with E-state index in [1.54, 1.807) is 13.0 Å². The summed E-state index contributed by atoms with van der Waals surface area (Å²) in [7, 11) is 0. The lowest BCUT2D eigenvalue weighted by molar-refractivity contribution is -0.120. The molecule has 2 nitrogen and oxygen atoms in total. The summed E-state index contributed by atoms with van der Waals surface area (Å²) in [5.41, 5.74) is 0. The topological polar surface area (TPSA) is 37.3 Å². The Morgan fingerprint density at radius 3 is 2.78 bits per heavy atom. The van der Waals surface area contributed by atoms with Gasteiger partial charge < -0.3 is 5.11 Å². The van der Waals surface area contributed by atoms with Gasteiger partial charge in [0.15, 0.2) is 5.78 Å². The molecule has 0 aliphatic heterocycles. The van der Waals surface area contributed by atoms with E-state index in [4.69, 9.17) is 5.11 Å². The summed E-state index contributed by atoms with van der Waals surface area (Å²) in [5, 5.41) is 8.96. The van der Waals surface area contributed by atoms with E-state index in [0.29, 0.717) is 6.42 Å². The monoisotopic (exact) mass is 126 g/mol. The molecule has 50 valence electrons. The number of hydrogen-bond acceptors (Lipinski definition) is 2. The fourth-order valence-electron chi connectivity index (χ4n) is 1.01. The second kappa shape index (κ2) is 2.31. The SMILES string of the molecule is CC(O)C1CC=CC1=O. The third-order valence-corrected chi connectivity index (χ3v) is 1.62. The lowest BCUT2D eigenvalue weighted by Gasteiger charge is -2.09. The van der Waals surface area contributed by atoms with Crippen LogP contribution in [-0.4, -0.2) is 17.0 Å². The van der Waals surface area contributed by atoms with Crippen molar-refractivity contribution in [2.75, 3.05) is 0 Å². The standard InChI is InChI=1S/C7H10O2/c1-5(8)6-3-2-4-7(6)9/h2,4-6,8H,3H2,1H3. The van der Waals surface area contributed by atoms with Crippen LogP contribution in [0, 0.1) is 5.92 Å². The minimum Gasteiger partial charge on any atom is -0.393 e. The maximum Gasteiger partial charge on any atom is 0.161 e. The molecule has 0 aromatic rings. The lowest BCUT2D eigenvalue weighted by Crippen LogP contribution is -2.20. The van der Waals surface area contributed by atoms with Crippen LogP contribution in [0.25, 0.3) is 0 Å². The van der Waals surface area contributed by atoms with E-state index in [0.717, 1.165) is 0 Å². The number of carbonyl (C=O) groups excluding carboxylic acids is 1. The van der Waals surface area contributed by atoms with Gasteiger partial charge in [0.1, 0.15) is 0 Å². The molecule has 0 aromatic carbocycles. The number of hydrogen-bond donors (Lipinski definition) is 1. The van der Waals surface area contributed by atoms with Crippen molar-refractivity contribution in [3.8, 4) is 0 Å². The molecular weight excluding hydrogens is 116 g/mol. The van der Waals surface area contributed by atoms with E-state index in [1.807, 2.05) is 0 Å². The molecule has 9 heavy (non-hydrogen) atoms. The quantitative estimate of drug-likeness (QED) is 0.556. The van der Waals surface area contributed by atoms with Crippen LogP contribution in [0.3, 0.4) is 0 Å². The Bertz CT molecular complexity index is 147. The average Bonchev–Trinajstić information content (AvgIpc) is 2.13. The van der Waals surface area contributed by atoms with E-state index in [2.05, 4.69) is 0 Å². The molecule has 0 saturated carbocycles. The van der Waals surface area contributed by atoms with Crippen LogP contribution < -0.4 is 0 Å². The molecular formula is C7H10O2. The highest BCUT2D eigenvalue weighted by Crippen LogP contribution is 2.17. The molecule has 0 bridgehead atoms. The largest absolute Gasteiger partial charge is 0.393 e. The molecule has 2 atom stereocenters. The maximum absolute atomic E-state index is 10.8. The van der Waals surface area contributed by atoms with E-state index >= 15 is 0 Å². The third-order valence-electron chi connectivity index (χ3n) is 1.62. The van der Waals surface area contributed by atoms with Gasteiger partial charge in [-0.3, -0.25) is 4.79 Å². The Labute approximate surface area is 54.2 Å². The number of rotatable bonds is 1. The van der Waals surface area contributed by atoms with Crippen LogP contribution in [0.4, 0.5) is 0 Å². The summed E-state index contributed by atoms with van der Waals surface area (Å²) in [5.74, 6) is -0.102. The van der Waals surface area contributed by atoms with Crippen LogP contribution in [0.1, 0.15) is 13.3 Å². The fourth-order valence-corrected chi connectivity index (χ4v) is 1.01. The number of allylic oxidation sites excluding steroid dienone is 2. The van der Waals surface area contributed by atoms with Crippen molar-refractivity contribution >= 4 is 5.78 Å². The van der Waals surface area contributed by atoms with Gasteiger partial charge in [-0.2, -0.15) is 0 Å². The Morgan fingerprint density at radius 2 is 2.56 bits per heavy atom. The molecule has 1 N–H and O–H groups in total. The van der Waals surface area contributed by atoms with Gasteiger partial charge >= 0.3 is 0 Å². The first kappa shape index (κ1) is 6.49. The van der Waals surface area contributed by atoms with Crippen LogP contribution in [0.15, 0.2) is 12.2 Å². The van der Waals surface area contributed by atoms with E-state index in [-0.39, 0.29) is 11.7 Å². The summed E-state index contributed by atoms with van der Waals surface area (Å²) in [6.07, 6.45) is 3.56. The predicted molar refractivity (Wildman–Crippen MR) is 33.9 cm³/mol. The molecule has 0 saturated heterocycles. The normalized spacial score (nSPS) is 29.1. The highest BCUT2D eigenvalue weighted by atomic mass is 16.3. The van der Waals surface area contributed by atoms with Crippen LogP contribution in [0.2, 0.25) is 0 Å². The zero-order valence-electron chi connectivity index (χ0n) is 5.37. The van der Waals surface area contributed by atoms with Gasteiger partial charge in [0.2, 0.25) is 0 Å². The van der Waals surface area contributed by atoms with Crippen molar-refractivity contribution < 1.29 is 9.90 Å². The fraction of sp³-hybridized carbons (Fsp3) is 0.571. The van der Waals surface area contributed by atoms with Crippen LogP contribution in [-0.2, 0) is 4.79 Å². The van der Waals surface area contributed by atoms with Crippen LogP contribution in [0.5, 0.6) is 0 Å². The number of carbonyl (C=O) groups is 1. The first-order valence-corrected chi connectivity index (χ1v) is 3.10. The molecule has 1 aliphatic rings. The second-order valence-electron chi connectivity index (χ2n) is 2.39. The molecule has 0 aromatic heterocycles. The summed E-state index contributed by atoms with van der Waals surface area (Å²) in [6.45, 7) is 1.65. The Kier molecular flexibility index (Phi) is 1.67. The zero-order valence-corrected chi connectivity index (χ0v) is 5.37. The molecule has 2 heteroatoms. The number of ketones is 1. The minimum atomic E-state index is -0.493. The summed E-state index contributed by atoms with van der Waals surface area (Å²) < 4.78 is 0. The highest BCUT2D eigenvalue weighted by Gasteiger charge is 2.23. The molecule has 0 heterocycles. The predicted octanol–water partition coefficient (Wildman–Crippen LogP) is 0.512. The Morgan fingerprint density at radius 1 is 1.89 bits per heavy atom. The second-order valence-corrected chi connectivity index (χ2v) is 2.39. The van der Waals surface area contributed by atoms with Crippen molar-refractivity contribution in [1.29, 1.82) is 0 Å². The molecule has 0 radical (unpaired) electrons. The van der Waals surface area contributed by atoms with Crippen molar-refractivity contribution in [3.63, 3.8) is 0 Å². The van der Waals surface area contributed by atoms with E-state index in [9.17, 15) is 4.79 Å². The highest BCUT2D eigenvalue weighted by molar-refractivity contribution is 5.94. The Balaban J connectivity index is 2.56.